The first-order valence-electron chi connectivity index (χ1n) is 6.50. The fourth-order valence-corrected chi connectivity index (χ4v) is 3.22. The molecule has 0 saturated heterocycles. The van der Waals surface area contributed by atoms with Gasteiger partial charge in [-0.2, -0.15) is 5.10 Å². The second kappa shape index (κ2) is 5.45. The van der Waals surface area contributed by atoms with Crippen molar-refractivity contribution in [2.45, 2.75) is 33.2 Å². The van der Waals surface area contributed by atoms with E-state index in [9.17, 15) is 4.79 Å². The molecule has 104 valence electrons. The summed E-state index contributed by atoms with van der Waals surface area (Å²) in [6.45, 7) is 5.00. The summed E-state index contributed by atoms with van der Waals surface area (Å²) in [7, 11) is 1.79. The van der Waals surface area contributed by atoms with Crippen LogP contribution in [0.5, 0.6) is 0 Å². The molecule has 2 aromatic heterocycles. The number of halogens is 1. The third-order valence-corrected chi connectivity index (χ3v) is 5.20. The Morgan fingerprint density at radius 1 is 1.37 bits per heavy atom. The predicted molar refractivity (Wildman–Crippen MR) is 79.6 cm³/mol. The molecule has 0 fully saturated rings. The summed E-state index contributed by atoms with van der Waals surface area (Å²) < 4.78 is 3.33. The Bertz CT molecular complexity index is 619. The van der Waals surface area contributed by atoms with Gasteiger partial charge in [0.25, 0.3) is 5.56 Å². The predicted octanol–water partition coefficient (Wildman–Crippen LogP) is 2.33. The van der Waals surface area contributed by atoms with E-state index in [1.165, 1.54) is 0 Å². The molecule has 0 aliphatic carbocycles. The fourth-order valence-electron chi connectivity index (χ4n) is 2.25. The van der Waals surface area contributed by atoms with E-state index in [2.05, 4.69) is 39.9 Å². The lowest BCUT2D eigenvalue weighted by atomic mass is 9.84. The molecule has 0 bridgehead atoms. The summed E-state index contributed by atoms with van der Waals surface area (Å²) in [6, 6.07) is 0. The van der Waals surface area contributed by atoms with Crippen LogP contribution >= 0.6 is 15.9 Å². The minimum atomic E-state index is -0.00896. The fraction of sp³-hybridized carbons (Fsp3) is 0.615. The van der Waals surface area contributed by atoms with Crippen LogP contribution in [0, 0.1) is 5.41 Å². The first-order valence-corrected chi connectivity index (χ1v) is 7.62. The molecule has 0 saturated carbocycles. The van der Waals surface area contributed by atoms with Crippen LogP contribution < -0.4 is 5.56 Å². The Morgan fingerprint density at radius 3 is 2.63 bits per heavy atom. The molecule has 0 amide bonds. The molecule has 6 heteroatoms. The maximum Gasteiger partial charge on any atom is 0.264 e. The standard InChI is InChI=1S/C13H19BrN4O/c1-4-13(5-2,7-14)8-18-9-15-11-10(12(18)19)6-16-17(11)3/h6,9H,4-5,7-8H2,1-3H3. The molecule has 2 aromatic rings. The minimum absolute atomic E-state index is 0.00896. The van der Waals surface area contributed by atoms with E-state index < -0.39 is 0 Å². The second-order valence-corrected chi connectivity index (χ2v) is 5.58. The van der Waals surface area contributed by atoms with Crippen LogP contribution in [0.2, 0.25) is 0 Å². The molecule has 0 aliphatic rings. The van der Waals surface area contributed by atoms with Crippen molar-refractivity contribution in [3.63, 3.8) is 0 Å². The Hall–Kier alpha value is -1.17. The van der Waals surface area contributed by atoms with E-state index in [1.54, 1.807) is 28.8 Å². The first-order chi connectivity index (χ1) is 9.06. The minimum Gasteiger partial charge on any atom is -0.298 e. The van der Waals surface area contributed by atoms with Gasteiger partial charge in [-0.3, -0.25) is 14.0 Å². The summed E-state index contributed by atoms with van der Waals surface area (Å²) >= 11 is 3.58. The molecule has 0 radical (unpaired) electrons. The van der Waals surface area contributed by atoms with Crippen LogP contribution in [-0.4, -0.2) is 24.7 Å². The van der Waals surface area contributed by atoms with Crippen molar-refractivity contribution in [3.8, 4) is 0 Å². The second-order valence-electron chi connectivity index (χ2n) is 5.02. The highest BCUT2D eigenvalue weighted by atomic mass is 79.9. The largest absolute Gasteiger partial charge is 0.298 e. The molecule has 19 heavy (non-hydrogen) atoms. The van der Waals surface area contributed by atoms with E-state index >= 15 is 0 Å². The summed E-state index contributed by atoms with van der Waals surface area (Å²) in [5, 5.41) is 5.55. The first kappa shape index (κ1) is 14.2. The van der Waals surface area contributed by atoms with Gasteiger partial charge in [0.05, 0.1) is 12.5 Å². The van der Waals surface area contributed by atoms with Crippen LogP contribution in [0.4, 0.5) is 0 Å². The third kappa shape index (κ3) is 2.45. The van der Waals surface area contributed by atoms with Crippen molar-refractivity contribution in [2.24, 2.45) is 12.5 Å². The van der Waals surface area contributed by atoms with E-state index in [0.29, 0.717) is 17.6 Å². The molecule has 0 unspecified atom stereocenters. The van der Waals surface area contributed by atoms with E-state index in [-0.39, 0.29) is 11.0 Å². The molecular formula is C13H19BrN4O. The maximum absolute atomic E-state index is 12.4. The van der Waals surface area contributed by atoms with Crippen molar-refractivity contribution in [1.82, 2.24) is 19.3 Å². The van der Waals surface area contributed by atoms with Crippen LogP contribution in [0.15, 0.2) is 17.3 Å². The van der Waals surface area contributed by atoms with Crippen molar-refractivity contribution in [3.05, 3.63) is 22.9 Å². The smallest absolute Gasteiger partial charge is 0.264 e. The molecule has 0 atom stereocenters. The number of rotatable bonds is 5. The quantitative estimate of drug-likeness (QED) is 0.792. The van der Waals surface area contributed by atoms with E-state index in [0.717, 1.165) is 18.2 Å². The zero-order chi connectivity index (χ0) is 14.0. The van der Waals surface area contributed by atoms with Gasteiger partial charge in [0, 0.05) is 18.9 Å². The summed E-state index contributed by atoms with van der Waals surface area (Å²) in [5.41, 5.74) is 0.727. The number of aromatic nitrogens is 4. The van der Waals surface area contributed by atoms with Crippen LogP contribution in [-0.2, 0) is 13.6 Å². The Balaban J connectivity index is 2.46. The monoisotopic (exact) mass is 326 g/mol. The zero-order valence-electron chi connectivity index (χ0n) is 11.6. The van der Waals surface area contributed by atoms with Gasteiger partial charge in [0.2, 0.25) is 0 Å². The van der Waals surface area contributed by atoms with Gasteiger partial charge in [-0.1, -0.05) is 29.8 Å². The molecular weight excluding hydrogens is 308 g/mol. The number of aryl methyl sites for hydroxylation is 1. The molecule has 0 aliphatic heterocycles. The highest BCUT2D eigenvalue weighted by molar-refractivity contribution is 9.09. The number of hydrogen-bond acceptors (Lipinski definition) is 3. The number of hydrogen-bond donors (Lipinski definition) is 0. The molecule has 0 spiro atoms. The number of fused-ring (bicyclic) bond motifs is 1. The van der Waals surface area contributed by atoms with E-state index in [1.807, 2.05) is 0 Å². The summed E-state index contributed by atoms with van der Waals surface area (Å²) in [5.74, 6) is 0. The average Bonchev–Trinajstić information content (AvgIpc) is 2.81. The summed E-state index contributed by atoms with van der Waals surface area (Å²) in [6.07, 6.45) is 5.27. The van der Waals surface area contributed by atoms with Gasteiger partial charge >= 0.3 is 0 Å². The van der Waals surface area contributed by atoms with Gasteiger partial charge in [-0.15, -0.1) is 0 Å². The highest BCUT2D eigenvalue weighted by Crippen LogP contribution is 2.30. The highest BCUT2D eigenvalue weighted by Gasteiger charge is 2.26. The van der Waals surface area contributed by atoms with Crippen molar-refractivity contribution in [2.75, 3.05) is 5.33 Å². The third-order valence-electron chi connectivity index (χ3n) is 4.01. The van der Waals surface area contributed by atoms with E-state index in [4.69, 9.17) is 0 Å². The van der Waals surface area contributed by atoms with Crippen LogP contribution in [0.3, 0.4) is 0 Å². The van der Waals surface area contributed by atoms with Gasteiger partial charge in [0.1, 0.15) is 5.39 Å². The Morgan fingerprint density at radius 2 is 2.05 bits per heavy atom. The topological polar surface area (TPSA) is 52.7 Å². The molecule has 5 nitrogen and oxygen atoms in total. The summed E-state index contributed by atoms with van der Waals surface area (Å²) in [4.78, 5) is 16.8. The Labute approximate surface area is 120 Å². The average molecular weight is 327 g/mol. The lowest BCUT2D eigenvalue weighted by molar-refractivity contribution is 0.255. The normalized spacial score (nSPS) is 12.2. The maximum atomic E-state index is 12.4. The van der Waals surface area contributed by atoms with Gasteiger partial charge in [-0.25, -0.2) is 4.98 Å². The molecule has 0 N–H and O–H groups in total. The SMILES string of the molecule is CCC(CC)(CBr)Cn1cnc2c(cnn2C)c1=O. The van der Waals surface area contributed by atoms with Crippen LogP contribution in [0.1, 0.15) is 26.7 Å². The van der Waals surface area contributed by atoms with Crippen molar-refractivity contribution in [1.29, 1.82) is 0 Å². The molecule has 2 heterocycles. The number of alkyl halides is 1. The van der Waals surface area contributed by atoms with Crippen molar-refractivity contribution < 1.29 is 0 Å². The van der Waals surface area contributed by atoms with Crippen LogP contribution in [0.25, 0.3) is 11.0 Å². The van der Waals surface area contributed by atoms with Crippen molar-refractivity contribution >= 4 is 27.0 Å². The van der Waals surface area contributed by atoms with Gasteiger partial charge in [0.15, 0.2) is 5.65 Å². The lowest BCUT2D eigenvalue weighted by Gasteiger charge is -2.29. The lowest BCUT2D eigenvalue weighted by Crippen LogP contribution is -2.33. The van der Waals surface area contributed by atoms with Gasteiger partial charge in [-0.05, 0) is 18.3 Å². The number of nitrogens with zero attached hydrogens (tertiary/aromatic N) is 4. The zero-order valence-corrected chi connectivity index (χ0v) is 13.1. The van der Waals surface area contributed by atoms with Gasteiger partial charge < -0.3 is 0 Å². The molecule has 2 rings (SSSR count). The molecule has 0 aromatic carbocycles. The Kier molecular flexibility index (Phi) is 4.08.